The zero-order chi connectivity index (χ0) is 10.5. The Kier molecular flexibility index (Phi) is 3.64. The zero-order valence-corrected chi connectivity index (χ0v) is 9.28. The van der Waals surface area contributed by atoms with E-state index < -0.39 is 0 Å². The number of rotatable bonds is 5. The molecule has 0 unspecified atom stereocenters. The van der Waals surface area contributed by atoms with Crippen molar-refractivity contribution in [3.05, 3.63) is 36.7 Å². The molecule has 0 aliphatic rings. The van der Waals surface area contributed by atoms with Crippen molar-refractivity contribution in [1.82, 2.24) is 4.57 Å². The van der Waals surface area contributed by atoms with Crippen LogP contribution in [0.4, 0.5) is 0 Å². The van der Waals surface area contributed by atoms with Crippen molar-refractivity contribution < 1.29 is 4.74 Å². The molecule has 80 valence electrons. The molecule has 1 aromatic carbocycles. The van der Waals surface area contributed by atoms with Crippen LogP contribution in [0.1, 0.15) is 0 Å². The molecule has 0 aliphatic carbocycles. The predicted octanol–water partition coefficient (Wildman–Crippen LogP) is 2.90. The Morgan fingerprint density at radius 3 is 2.33 bits per heavy atom. The van der Waals surface area contributed by atoms with E-state index in [0.717, 1.165) is 6.54 Å². The number of fused-ring (bicyclic) bond motifs is 1. The monoisotopic (exact) mass is 223 g/mol. The van der Waals surface area contributed by atoms with Crippen LogP contribution in [0.15, 0.2) is 36.7 Å². The lowest BCUT2D eigenvalue weighted by Crippen LogP contribution is -2.05. The van der Waals surface area contributed by atoms with Crippen LogP contribution in [-0.2, 0) is 11.3 Å². The second-order valence-electron chi connectivity index (χ2n) is 3.43. The van der Waals surface area contributed by atoms with Crippen LogP contribution < -0.4 is 0 Å². The lowest BCUT2D eigenvalue weighted by atomic mass is 10.2. The van der Waals surface area contributed by atoms with Gasteiger partial charge in [0.15, 0.2) is 0 Å². The van der Waals surface area contributed by atoms with E-state index in [1.165, 1.54) is 10.8 Å². The molecule has 0 spiro atoms. The molecule has 2 rings (SSSR count). The summed E-state index contributed by atoms with van der Waals surface area (Å²) in [5, 5.41) is 2.55. The van der Waals surface area contributed by atoms with Crippen molar-refractivity contribution in [3.63, 3.8) is 0 Å². The van der Waals surface area contributed by atoms with Gasteiger partial charge < -0.3 is 9.30 Å². The summed E-state index contributed by atoms with van der Waals surface area (Å²) in [5.74, 6) is 0.563. The number of aromatic nitrogens is 1. The van der Waals surface area contributed by atoms with Crippen molar-refractivity contribution >= 4 is 22.4 Å². The maximum absolute atomic E-state index is 5.52. The Morgan fingerprint density at radius 2 is 1.73 bits per heavy atom. The normalized spacial score (nSPS) is 11.0. The number of hydrogen-bond acceptors (Lipinski definition) is 1. The highest BCUT2D eigenvalue weighted by atomic mass is 35.5. The van der Waals surface area contributed by atoms with E-state index in [2.05, 4.69) is 41.2 Å². The first-order valence-corrected chi connectivity index (χ1v) is 5.62. The molecule has 2 aromatic rings. The summed E-state index contributed by atoms with van der Waals surface area (Å²) in [7, 11) is 0. The largest absolute Gasteiger partial charge is 0.378 e. The molecule has 0 N–H and O–H groups in total. The Hall–Kier alpha value is -0.990. The van der Waals surface area contributed by atoms with E-state index in [9.17, 15) is 0 Å². The molecule has 0 amide bonds. The van der Waals surface area contributed by atoms with Gasteiger partial charge in [-0.05, 0) is 10.8 Å². The lowest BCUT2D eigenvalue weighted by Gasteiger charge is -2.02. The summed E-state index contributed by atoms with van der Waals surface area (Å²) in [4.78, 5) is 0. The SMILES string of the molecule is ClCCOCCn1cc2ccccc2c1. The summed E-state index contributed by atoms with van der Waals surface area (Å²) in [6.07, 6.45) is 4.28. The molecular weight excluding hydrogens is 210 g/mol. The molecule has 3 heteroatoms. The van der Waals surface area contributed by atoms with Crippen molar-refractivity contribution in [3.8, 4) is 0 Å². The van der Waals surface area contributed by atoms with Gasteiger partial charge >= 0.3 is 0 Å². The topological polar surface area (TPSA) is 14.2 Å². The van der Waals surface area contributed by atoms with E-state index in [0.29, 0.717) is 19.1 Å². The number of alkyl halides is 1. The molecule has 0 aliphatic heterocycles. The van der Waals surface area contributed by atoms with E-state index in [1.807, 2.05) is 0 Å². The van der Waals surface area contributed by atoms with Crippen LogP contribution in [0.2, 0.25) is 0 Å². The average molecular weight is 224 g/mol. The molecule has 1 heterocycles. The Morgan fingerprint density at radius 1 is 1.07 bits per heavy atom. The summed E-state index contributed by atoms with van der Waals surface area (Å²) in [6.45, 7) is 2.22. The second-order valence-corrected chi connectivity index (χ2v) is 3.80. The summed E-state index contributed by atoms with van der Waals surface area (Å²) in [5.41, 5.74) is 0. The number of nitrogens with zero attached hydrogens (tertiary/aromatic N) is 1. The highest BCUT2D eigenvalue weighted by Crippen LogP contribution is 2.14. The van der Waals surface area contributed by atoms with Crippen LogP contribution in [0.25, 0.3) is 10.8 Å². The smallest absolute Gasteiger partial charge is 0.0646 e. The first-order valence-electron chi connectivity index (χ1n) is 5.08. The van der Waals surface area contributed by atoms with Gasteiger partial charge in [0.2, 0.25) is 0 Å². The van der Waals surface area contributed by atoms with Gasteiger partial charge in [-0.25, -0.2) is 0 Å². The van der Waals surface area contributed by atoms with Crippen molar-refractivity contribution in [2.45, 2.75) is 6.54 Å². The first kappa shape index (κ1) is 10.5. The molecular formula is C12H14ClNO. The predicted molar refractivity (Wildman–Crippen MR) is 63.5 cm³/mol. The van der Waals surface area contributed by atoms with E-state index in [4.69, 9.17) is 16.3 Å². The van der Waals surface area contributed by atoms with Crippen molar-refractivity contribution in [1.29, 1.82) is 0 Å². The third-order valence-corrected chi connectivity index (χ3v) is 2.48. The molecule has 0 saturated heterocycles. The summed E-state index contributed by atoms with van der Waals surface area (Å²) in [6, 6.07) is 8.34. The Balaban J connectivity index is 1.97. The number of hydrogen-bond donors (Lipinski definition) is 0. The van der Waals surface area contributed by atoms with Crippen molar-refractivity contribution in [2.24, 2.45) is 0 Å². The fourth-order valence-electron chi connectivity index (χ4n) is 1.60. The van der Waals surface area contributed by atoms with Gasteiger partial charge in [0, 0.05) is 24.8 Å². The summed E-state index contributed by atoms with van der Waals surface area (Å²) >= 11 is 5.52. The molecule has 0 saturated carbocycles. The van der Waals surface area contributed by atoms with E-state index in [-0.39, 0.29) is 0 Å². The highest BCUT2D eigenvalue weighted by molar-refractivity contribution is 6.17. The van der Waals surface area contributed by atoms with Crippen LogP contribution in [0.5, 0.6) is 0 Å². The van der Waals surface area contributed by atoms with Crippen LogP contribution >= 0.6 is 11.6 Å². The van der Waals surface area contributed by atoms with Gasteiger partial charge in [0.1, 0.15) is 0 Å². The number of ether oxygens (including phenoxy) is 1. The van der Waals surface area contributed by atoms with Gasteiger partial charge in [-0.2, -0.15) is 0 Å². The maximum Gasteiger partial charge on any atom is 0.0646 e. The standard InChI is InChI=1S/C12H14ClNO/c13-5-7-15-8-6-14-9-11-3-1-2-4-12(11)10-14/h1-4,9-10H,5-8H2. The Labute approximate surface area is 94.4 Å². The van der Waals surface area contributed by atoms with Crippen LogP contribution in [-0.4, -0.2) is 23.7 Å². The minimum Gasteiger partial charge on any atom is -0.378 e. The zero-order valence-electron chi connectivity index (χ0n) is 8.53. The average Bonchev–Trinajstić information content (AvgIpc) is 2.67. The van der Waals surface area contributed by atoms with Gasteiger partial charge in [0.05, 0.1) is 13.2 Å². The van der Waals surface area contributed by atoms with Gasteiger partial charge in [-0.15, -0.1) is 11.6 Å². The third-order valence-electron chi connectivity index (χ3n) is 2.32. The van der Waals surface area contributed by atoms with Gasteiger partial charge in [0.25, 0.3) is 0 Å². The second kappa shape index (κ2) is 5.19. The molecule has 1 aromatic heterocycles. The van der Waals surface area contributed by atoms with Crippen LogP contribution in [0, 0.1) is 0 Å². The highest BCUT2D eigenvalue weighted by Gasteiger charge is 1.96. The minimum atomic E-state index is 0.563. The Bertz CT molecular complexity index is 391. The van der Waals surface area contributed by atoms with Gasteiger partial charge in [-0.1, -0.05) is 24.3 Å². The van der Waals surface area contributed by atoms with E-state index >= 15 is 0 Å². The molecule has 0 atom stereocenters. The molecule has 15 heavy (non-hydrogen) atoms. The fourth-order valence-corrected chi connectivity index (χ4v) is 1.71. The first-order chi connectivity index (χ1) is 7.40. The third kappa shape index (κ3) is 2.74. The summed E-state index contributed by atoms with van der Waals surface area (Å²) < 4.78 is 7.48. The molecule has 0 fully saturated rings. The molecule has 0 bridgehead atoms. The quantitative estimate of drug-likeness (QED) is 0.562. The van der Waals surface area contributed by atoms with Crippen LogP contribution in [0.3, 0.4) is 0 Å². The molecule has 2 nitrogen and oxygen atoms in total. The van der Waals surface area contributed by atoms with Gasteiger partial charge in [-0.3, -0.25) is 0 Å². The number of benzene rings is 1. The lowest BCUT2D eigenvalue weighted by molar-refractivity contribution is 0.141. The van der Waals surface area contributed by atoms with Crippen molar-refractivity contribution in [2.75, 3.05) is 19.1 Å². The molecule has 0 radical (unpaired) electrons. The fraction of sp³-hybridized carbons (Fsp3) is 0.333. The maximum atomic E-state index is 5.52. The minimum absolute atomic E-state index is 0.563. The van der Waals surface area contributed by atoms with E-state index in [1.54, 1.807) is 0 Å². The number of halogens is 1.